The summed E-state index contributed by atoms with van der Waals surface area (Å²) in [7, 11) is 0. The van der Waals surface area contributed by atoms with Crippen molar-refractivity contribution in [1.82, 2.24) is 4.90 Å². The molecule has 1 saturated heterocycles. The average Bonchev–Trinajstić information content (AvgIpc) is 2.95. The van der Waals surface area contributed by atoms with Crippen molar-refractivity contribution in [2.45, 2.75) is 6.61 Å². The number of thioether (sulfide) groups is 1. The van der Waals surface area contributed by atoms with Crippen LogP contribution in [0.4, 0.5) is 4.79 Å². The summed E-state index contributed by atoms with van der Waals surface area (Å²) in [5, 5.41) is 8.74. The Balaban J connectivity index is 1.71. The highest BCUT2D eigenvalue weighted by molar-refractivity contribution is 9.10. The molecule has 8 heteroatoms. The average molecular weight is 474 g/mol. The monoisotopic (exact) mass is 473 g/mol. The van der Waals surface area contributed by atoms with Crippen molar-refractivity contribution in [1.29, 1.82) is 0 Å². The molecule has 3 rings (SSSR count). The Bertz CT molecular complexity index is 1030. The molecule has 2 amide bonds. The molecule has 29 heavy (non-hydrogen) atoms. The second-order valence-corrected chi connectivity index (χ2v) is 7.91. The van der Waals surface area contributed by atoms with Crippen LogP contribution in [0.5, 0.6) is 5.75 Å². The van der Waals surface area contributed by atoms with Gasteiger partial charge in [-0.25, -0.2) is 4.79 Å². The fourth-order valence-electron chi connectivity index (χ4n) is 2.62. The number of amides is 2. The largest absolute Gasteiger partial charge is 0.488 e. The molecule has 148 valence electrons. The van der Waals surface area contributed by atoms with Gasteiger partial charge in [-0.15, -0.1) is 6.58 Å². The number of nitrogens with zero attached hydrogens (tertiary/aromatic N) is 1. The highest BCUT2D eigenvalue weighted by Gasteiger charge is 2.34. The normalized spacial score (nSPS) is 15.1. The van der Waals surface area contributed by atoms with Gasteiger partial charge in [-0.1, -0.05) is 24.3 Å². The maximum Gasteiger partial charge on any atom is 0.335 e. The topological polar surface area (TPSA) is 83.9 Å². The van der Waals surface area contributed by atoms with Gasteiger partial charge in [0.2, 0.25) is 0 Å². The number of rotatable bonds is 7. The zero-order chi connectivity index (χ0) is 21.0. The molecule has 0 aromatic heterocycles. The lowest BCUT2D eigenvalue weighted by Gasteiger charge is -2.10. The first-order chi connectivity index (χ1) is 13.9. The fraction of sp³-hybridized carbons (Fsp3) is 0.0952. The third-order valence-corrected chi connectivity index (χ3v) is 5.53. The molecule has 0 atom stereocenters. The lowest BCUT2D eigenvalue weighted by Crippen LogP contribution is -2.27. The molecule has 1 heterocycles. The smallest absolute Gasteiger partial charge is 0.335 e. The van der Waals surface area contributed by atoms with Crippen molar-refractivity contribution in [2.75, 3.05) is 6.54 Å². The van der Waals surface area contributed by atoms with E-state index in [0.29, 0.717) is 15.1 Å². The van der Waals surface area contributed by atoms with Crippen LogP contribution in [-0.2, 0) is 11.4 Å². The van der Waals surface area contributed by atoms with Gasteiger partial charge in [0, 0.05) is 6.54 Å². The second kappa shape index (κ2) is 9.11. The van der Waals surface area contributed by atoms with Crippen molar-refractivity contribution >= 4 is 50.9 Å². The van der Waals surface area contributed by atoms with Crippen LogP contribution in [0.1, 0.15) is 21.5 Å². The third-order valence-electron chi connectivity index (χ3n) is 4.01. The summed E-state index contributed by atoms with van der Waals surface area (Å²) in [6.07, 6.45) is 3.16. The Labute approximate surface area is 180 Å². The van der Waals surface area contributed by atoms with Crippen LogP contribution in [0.3, 0.4) is 0 Å². The van der Waals surface area contributed by atoms with E-state index in [4.69, 9.17) is 9.84 Å². The molecule has 0 unspecified atom stereocenters. The number of imide groups is 1. The minimum atomic E-state index is -0.991. The predicted octanol–water partition coefficient (Wildman–Crippen LogP) is 4.95. The van der Waals surface area contributed by atoms with E-state index < -0.39 is 5.97 Å². The van der Waals surface area contributed by atoms with E-state index >= 15 is 0 Å². The Morgan fingerprint density at radius 1 is 1.24 bits per heavy atom. The summed E-state index contributed by atoms with van der Waals surface area (Å²) < 4.78 is 6.44. The molecule has 0 radical (unpaired) electrons. The maximum absolute atomic E-state index is 12.3. The molecule has 1 aliphatic rings. The van der Waals surface area contributed by atoms with Crippen LogP contribution in [0.25, 0.3) is 6.08 Å². The van der Waals surface area contributed by atoms with Gasteiger partial charge in [-0.2, -0.15) is 0 Å². The first kappa shape index (κ1) is 20.9. The van der Waals surface area contributed by atoms with Gasteiger partial charge in [0.15, 0.2) is 0 Å². The predicted molar refractivity (Wildman–Crippen MR) is 115 cm³/mol. The van der Waals surface area contributed by atoms with Gasteiger partial charge < -0.3 is 9.84 Å². The SMILES string of the molecule is C=CCN1C(=O)S/C(=C/c2ccc(OCc3cccc(C(=O)O)c3)c(Br)c2)C1=O. The van der Waals surface area contributed by atoms with Crippen LogP contribution >= 0.6 is 27.7 Å². The van der Waals surface area contributed by atoms with Crippen molar-refractivity contribution in [3.8, 4) is 5.75 Å². The number of carboxylic acid groups (broad SMARTS) is 1. The van der Waals surface area contributed by atoms with Gasteiger partial charge >= 0.3 is 5.97 Å². The van der Waals surface area contributed by atoms with Gasteiger partial charge in [0.1, 0.15) is 12.4 Å². The summed E-state index contributed by atoms with van der Waals surface area (Å²) in [5.41, 5.74) is 1.67. The third kappa shape index (κ3) is 4.96. The van der Waals surface area contributed by atoms with Crippen LogP contribution in [0.15, 0.2) is 64.5 Å². The maximum atomic E-state index is 12.3. The van der Waals surface area contributed by atoms with Crippen molar-refractivity contribution in [3.63, 3.8) is 0 Å². The highest BCUT2D eigenvalue weighted by Crippen LogP contribution is 2.34. The van der Waals surface area contributed by atoms with E-state index in [1.807, 2.05) is 0 Å². The van der Waals surface area contributed by atoms with Crippen LogP contribution < -0.4 is 4.74 Å². The van der Waals surface area contributed by atoms with Gasteiger partial charge in [-0.05, 0) is 69.2 Å². The van der Waals surface area contributed by atoms with E-state index in [1.165, 1.54) is 12.1 Å². The first-order valence-corrected chi connectivity index (χ1v) is 10.1. The molecule has 1 aliphatic heterocycles. The number of carbonyl (C=O) groups is 3. The first-order valence-electron chi connectivity index (χ1n) is 8.50. The Morgan fingerprint density at radius 2 is 2.03 bits per heavy atom. The number of carboxylic acids is 1. The fourth-order valence-corrected chi connectivity index (χ4v) is 3.98. The summed E-state index contributed by atoms with van der Waals surface area (Å²) >= 11 is 4.33. The quantitative estimate of drug-likeness (QED) is 0.452. The van der Waals surface area contributed by atoms with Crippen LogP contribution in [0, 0.1) is 0 Å². The van der Waals surface area contributed by atoms with E-state index in [1.54, 1.807) is 42.5 Å². The lowest BCUT2D eigenvalue weighted by molar-refractivity contribution is -0.122. The summed E-state index contributed by atoms with van der Waals surface area (Å²) in [6.45, 7) is 3.94. The molecule has 0 spiro atoms. The Hall–Kier alpha value is -2.84. The minimum Gasteiger partial charge on any atom is -0.488 e. The van der Waals surface area contributed by atoms with Crippen molar-refractivity contribution < 1.29 is 24.2 Å². The molecule has 2 aromatic carbocycles. The number of benzene rings is 2. The molecular weight excluding hydrogens is 458 g/mol. The van der Waals surface area contributed by atoms with Crippen molar-refractivity contribution in [2.24, 2.45) is 0 Å². The van der Waals surface area contributed by atoms with E-state index in [9.17, 15) is 14.4 Å². The Morgan fingerprint density at radius 3 is 2.72 bits per heavy atom. The summed E-state index contributed by atoms with van der Waals surface area (Å²) in [5.74, 6) is -0.757. The van der Waals surface area contributed by atoms with Gasteiger partial charge in [0.05, 0.1) is 14.9 Å². The van der Waals surface area contributed by atoms with Crippen LogP contribution in [-0.4, -0.2) is 33.7 Å². The van der Waals surface area contributed by atoms with Crippen LogP contribution in [0.2, 0.25) is 0 Å². The zero-order valence-corrected chi connectivity index (χ0v) is 17.5. The number of hydrogen-bond acceptors (Lipinski definition) is 5. The summed E-state index contributed by atoms with van der Waals surface area (Å²) in [6, 6.07) is 11.8. The van der Waals surface area contributed by atoms with E-state index in [2.05, 4.69) is 22.5 Å². The molecule has 1 fully saturated rings. The molecule has 2 aromatic rings. The molecule has 0 saturated carbocycles. The molecular formula is C21H16BrNO5S. The van der Waals surface area contributed by atoms with E-state index in [-0.39, 0.29) is 29.9 Å². The lowest BCUT2D eigenvalue weighted by atomic mass is 10.1. The number of aromatic carboxylic acids is 1. The number of ether oxygens (including phenoxy) is 1. The zero-order valence-electron chi connectivity index (χ0n) is 15.1. The number of hydrogen-bond donors (Lipinski definition) is 1. The number of halogens is 1. The standard InChI is InChI=1S/C21H16BrNO5S/c1-2-8-23-19(24)18(29-21(23)27)11-13-6-7-17(16(22)10-13)28-12-14-4-3-5-15(9-14)20(25)26/h2-7,9-11H,1,8,12H2,(H,25,26)/b18-11+. The minimum absolute atomic E-state index is 0.182. The van der Waals surface area contributed by atoms with Crippen molar-refractivity contribution in [3.05, 3.63) is 81.2 Å². The van der Waals surface area contributed by atoms with Gasteiger partial charge in [-0.3, -0.25) is 14.5 Å². The molecule has 0 aliphatic carbocycles. The highest BCUT2D eigenvalue weighted by atomic mass is 79.9. The molecule has 1 N–H and O–H groups in total. The molecule has 0 bridgehead atoms. The molecule has 6 nitrogen and oxygen atoms in total. The summed E-state index contributed by atoms with van der Waals surface area (Å²) in [4.78, 5) is 36.7. The Kier molecular flexibility index (Phi) is 6.56. The number of carbonyl (C=O) groups excluding carboxylic acids is 2. The van der Waals surface area contributed by atoms with Gasteiger partial charge in [0.25, 0.3) is 11.1 Å². The second-order valence-electron chi connectivity index (χ2n) is 6.07. The van der Waals surface area contributed by atoms with E-state index in [0.717, 1.165) is 27.8 Å².